The lowest BCUT2D eigenvalue weighted by Gasteiger charge is -2.31. The van der Waals surface area contributed by atoms with Gasteiger partial charge in [-0.15, -0.1) is 0 Å². The number of piperidine rings is 1. The average molecular weight is 526 g/mol. The molecule has 1 aliphatic rings. The van der Waals surface area contributed by atoms with E-state index in [0.29, 0.717) is 39.7 Å². The molecule has 2 amide bonds. The molecule has 1 fully saturated rings. The van der Waals surface area contributed by atoms with Crippen molar-refractivity contribution in [1.29, 1.82) is 0 Å². The van der Waals surface area contributed by atoms with E-state index in [2.05, 4.69) is 10.6 Å². The number of hydrogen-bond acceptors (Lipinski definition) is 4. The van der Waals surface area contributed by atoms with Crippen molar-refractivity contribution in [2.24, 2.45) is 5.92 Å². The van der Waals surface area contributed by atoms with Gasteiger partial charge in [0.2, 0.25) is 15.9 Å². The summed E-state index contributed by atoms with van der Waals surface area (Å²) in [5.41, 5.74) is 1.21. The highest BCUT2D eigenvalue weighted by Crippen LogP contribution is 2.29. The number of benzene rings is 2. The molecule has 7 nitrogen and oxygen atoms in total. The maximum absolute atomic E-state index is 12.9. The molecule has 1 aliphatic heterocycles. The van der Waals surface area contributed by atoms with Crippen LogP contribution in [0.2, 0.25) is 10.0 Å². The normalized spacial score (nSPS) is 16.1. The number of halogens is 2. The van der Waals surface area contributed by atoms with Gasteiger partial charge in [-0.1, -0.05) is 48.3 Å². The Hall–Kier alpha value is -2.13. The molecule has 1 atom stereocenters. The van der Waals surface area contributed by atoms with Gasteiger partial charge in [-0.2, -0.15) is 0 Å². The molecule has 2 N–H and O–H groups in total. The second-order valence-electron chi connectivity index (χ2n) is 8.45. The monoisotopic (exact) mass is 525 g/mol. The second kappa shape index (κ2) is 11.5. The summed E-state index contributed by atoms with van der Waals surface area (Å²) in [6, 6.07) is 11.8. The zero-order chi connectivity index (χ0) is 24.9. The van der Waals surface area contributed by atoms with Crippen molar-refractivity contribution >= 4 is 50.7 Å². The summed E-state index contributed by atoms with van der Waals surface area (Å²) in [5, 5.41) is 6.38. The molecule has 184 valence electrons. The highest BCUT2D eigenvalue weighted by molar-refractivity contribution is 7.88. The minimum absolute atomic E-state index is 0.0168. The fourth-order valence-corrected chi connectivity index (χ4v) is 6.08. The minimum atomic E-state index is -3.64. The van der Waals surface area contributed by atoms with Crippen LogP contribution in [-0.2, 0) is 20.6 Å². The van der Waals surface area contributed by atoms with Crippen molar-refractivity contribution < 1.29 is 18.0 Å². The van der Waals surface area contributed by atoms with Crippen molar-refractivity contribution in [3.63, 3.8) is 0 Å². The second-order valence-corrected chi connectivity index (χ2v) is 11.2. The number of para-hydroxylation sites is 1. The molecule has 0 bridgehead atoms. The first kappa shape index (κ1) is 26.5. The molecule has 10 heteroatoms. The standard InChI is InChI=1S/C24H29Cl2N3O4S/c1-3-16(2)27-24(31)18-7-4-5-10-22(18)28-23(30)17-11-13-29(14-12-17)34(32,33)15-19-20(25)8-6-9-21(19)26/h4-10,16-17H,3,11-15H2,1-2H3,(H,27,31)(H,28,30). The molecule has 2 aromatic rings. The summed E-state index contributed by atoms with van der Waals surface area (Å²) in [6.07, 6.45) is 1.55. The fraction of sp³-hybridized carbons (Fsp3) is 0.417. The number of amides is 2. The topological polar surface area (TPSA) is 95.6 Å². The molecule has 1 unspecified atom stereocenters. The molecule has 0 aliphatic carbocycles. The Labute approximate surface area is 210 Å². The number of anilines is 1. The number of nitrogens with zero attached hydrogens (tertiary/aromatic N) is 1. The van der Waals surface area contributed by atoms with Gasteiger partial charge in [-0.3, -0.25) is 9.59 Å². The van der Waals surface area contributed by atoms with Crippen LogP contribution in [0.25, 0.3) is 0 Å². The van der Waals surface area contributed by atoms with Crippen molar-refractivity contribution in [1.82, 2.24) is 9.62 Å². The van der Waals surface area contributed by atoms with Gasteiger partial charge in [0.05, 0.1) is 17.0 Å². The molecule has 0 spiro atoms. The number of sulfonamides is 1. The Kier molecular flexibility index (Phi) is 8.98. The quantitative estimate of drug-likeness (QED) is 0.521. The number of nitrogens with one attached hydrogen (secondary N) is 2. The van der Waals surface area contributed by atoms with Crippen LogP contribution in [0.1, 0.15) is 49.0 Å². The Morgan fingerprint density at radius 2 is 1.68 bits per heavy atom. The van der Waals surface area contributed by atoms with Crippen LogP contribution in [0.15, 0.2) is 42.5 Å². The summed E-state index contributed by atoms with van der Waals surface area (Å²) < 4.78 is 27.2. The van der Waals surface area contributed by atoms with E-state index < -0.39 is 10.0 Å². The number of hydrogen-bond donors (Lipinski definition) is 2. The van der Waals surface area contributed by atoms with Crippen molar-refractivity contribution in [2.75, 3.05) is 18.4 Å². The first-order valence-electron chi connectivity index (χ1n) is 11.2. The van der Waals surface area contributed by atoms with Gasteiger partial charge < -0.3 is 10.6 Å². The van der Waals surface area contributed by atoms with E-state index in [9.17, 15) is 18.0 Å². The lowest BCUT2D eigenvalue weighted by atomic mass is 9.97. The van der Waals surface area contributed by atoms with E-state index in [0.717, 1.165) is 6.42 Å². The first-order valence-corrected chi connectivity index (χ1v) is 13.6. The van der Waals surface area contributed by atoms with Crippen LogP contribution in [0.5, 0.6) is 0 Å². The molecule has 1 saturated heterocycles. The van der Waals surface area contributed by atoms with E-state index in [1.165, 1.54) is 4.31 Å². The molecule has 34 heavy (non-hydrogen) atoms. The minimum Gasteiger partial charge on any atom is -0.350 e. The van der Waals surface area contributed by atoms with E-state index in [4.69, 9.17) is 23.2 Å². The summed E-state index contributed by atoms with van der Waals surface area (Å²) in [7, 11) is -3.64. The van der Waals surface area contributed by atoms with Crippen molar-refractivity contribution in [3.8, 4) is 0 Å². The maximum Gasteiger partial charge on any atom is 0.253 e. The fourth-order valence-electron chi connectivity index (χ4n) is 3.77. The zero-order valence-electron chi connectivity index (χ0n) is 19.2. The number of carbonyl (C=O) groups excluding carboxylic acids is 2. The zero-order valence-corrected chi connectivity index (χ0v) is 21.5. The van der Waals surface area contributed by atoms with Crippen LogP contribution >= 0.6 is 23.2 Å². The Bertz CT molecular complexity index is 1130. The summed E-state index contributed by atoms with van der Waals surface area (Å²) in [4.78, 5) is 25.5. The van der Waals surface area contributed by atoms with Crippen LogP contribution in [0, 0.1) is 5.92 Å². The van der Waals surface area contributed by atoms with Gasteiger partial charge in [0.25, 0.3) is 5.91 Å². The molecular formula is C24H29Cl2N3O4S. The third kappa shape index (κ3) is 6.50. The average Bonchev–Trinajstić information content (AvgIpc) is 2.81. The van der Waals surface area contributed by atoms with Gasteiger partial charge in [-0.05, 0) is 50.5 Å². The lowest BCUT2D eigenvalue weighted by molar-refractivity contribution is -0.120. The number of rotatable bonds is 8. The molecule has 3 rings (SSSR count). The van der Waals surface area contributed by atoms with E-state index in [1.54, 1.807) is 42.5 Å². The van der Waals surface area contributed by atoms with Crippen LogP contribution in [-0.4, -0.2) is 43.7 Å². The van der Waals surface area contributed by atoms with Gasteiger partial charge in [0, 0.05) is 40.7 Å². The highest BCUT2D eigenvalue weighted by atomic mass is 35.5. The number of carbonyl (C=O) groups is 2. The Morgan fingerprint density at radius 1 is 1.06 bits per heavy atom. The third-order valence-electron chi connectivity index (χ3n) is 6.03. The van der Waals surface area contributed by atoms with Crippen LogP contribution in [0.3, 0.4) is 0 Å². The molecule has 0 radical (unpaired) electrons. The van der Waals surface area contributed by atoms with Gasteiger partial charge in [0.15, 0.2) is 0 Å². The van der Waals surface area contributed by atoms with Gasteiger partial charge in [-0.25, -0.2) is 12.7 Å². The Morgan fingerprint density at radius 3 is 2.29 bits per heavy atom. The van der Waals surface area contributed by atoms with Gasteiger partial charge in [0.1, 0.15) is 0 Å². The molecule has 2 aromatic carbocycles. The lowest BCUT2D eigenvalue weighted by Crippen LogP contribution is -2.42. The molecular weight excluding hydrogens is 497 g/mol. The van der Waals surface area contributed by atoms with Crippen LogP contribution < -0.4 is 10.6 Å². The smallest absolute Gasteiger partial charge is 0.253 e. The van der Waals surface area contributed by atoms with E-state index in [1.807, 2.05) is 13.8 Å². The van der Waals surface area contributed by atoms with Crippen LogP contribution in [0.4, 0.5) is 5.69 Å². The summed E-state index contributed by atoms with van der Waals surface area (Å²) in [6.45, 7) is 4.34. The van der Waals surface area contributed by atoms with Crippen molar-refractivity contribution in [2.45, 2.75) is 44.9 Å². The predicted molar refractivity (Wildman–Crippen MR) is 136 cm³/mol. The van der Waals surface area contributed by atoms with Gasteiger partial charge >= 0.3 is 0 Å². The molecule has 0 aromatic heterocycles. The SMILES string of the molecule is CCC(C)NC(=O)c1ccccc1NC(=O)C1CCN(S(=O)(=O)Cc2c(Cl)cccc2Cl)CC1. The maximum atomic E-state index is 12.9. The highest BCUT2D eigenvalue weighted by Gasteiger charge is 2.32. The van der Waals surface area contributed by atoms with Crippen molar-refractivity contribution in [3.05, 3.63) is 63.6 Å². The molecule has 0 saturated carbocycles. The molecule has 1 heterocycles. The largest absolute Gasteiger partial charge is 0.350 e. The summed E-state index contributed by atoms with van der Waals surface area (Å²) >= 11 is 12.3. The Balaban J connectivity index is 1.62. The van der Waals surface area contributed by atoms with E-state index in [-0.39, 0.29) is 42.6 Å². The summed E-state index contributed by atoms with van der Waals surface area (Å²) in [5.74, 6) is -1.12. The first-order chi connectivity index (χ1) is 16.1. The van der Waals surface area contributed by atoms with E-state index >= 15 is 0 Å². The predicted octanol–water partition coefficient (Wildman–Crippen LogP) is 4.70. The third-order valence-corrected chi connectivity index (χ3v) is 8.54.